The third-order valence-electron chi connectivity index (χ3n) is 3.50. The van der Waals surface area contributed by atoms with Crippen LogP contribution in [0.25, 0.3) is 0 Å². The van der Waals surface area contributed by atoms with Crippen LogP contribution in [0.3, 0.4) is 0 Å². The first-order chi connectivity index (χ1) is 8.20. The van der Waals surface area contributed by atoms with E-state index in [1.54, 1.807) is 6.07 Å². The second kappa shape index (κ2) is 5.61. The van der Waals surface area contributed by atoms with Crippen LogP contribution in [0.4, 0.5) is 4.39 Å². The first-order valence-corrected chi connectivity index (χ1v) is 6.30. The first-order valence-electron chi connectivity index (χ1n) is 6.30. The molecule has 1 fully saturated rings. The van der Waals surface area contributed by atoms with Crippen molar-refractivity contribution in [1.82, 2.24) is 0 Å². The summed E-state index contributed by atoms with van der Waals surface area (Å²) in [6, 6.07) is 6.89. The van der Waals surface area contributed by atoms with E-state index in [9.17, 15) is 4.39 Å². The predicted molar refractivity (Wildman–Crippen MR) is 66.4 cm³/mol. The standard InChI is InChI=1S/C14H20FNO/c1-10-6-7-12(17-10)8-11(9-16)13-4-2-3-5-14(13)15/h2-5,10-12H,6-9,16H2,1H3. The maximum atomic E-state index is 13.7. The van der Waals surface area contributed by atoms with E-state index in [4.69, 9.17) is 10.5 Å². The molecular formula is C14H20FNO. The average molecular weight is 237 g/mol. The van der Waals surface area contributed by atoms with Gasteiger partial charge >= 0.3 is 0 Å². The van der Waals surface area contributed by atoms with Crippen molar-refractivity contribution < 1.29 is 9.13 Å². The van der Waals surface area contributed by atoms with Crippen LogP contribution < -0.4 is 5.73 Å². The molecule has 3 atom stereocenters. The number of ether oxygens (including phenoxy) is 1. The zero-order valence-corrected chi connectivity index (χ0v) is 10.2. The van der Waals surface area contributed by atoms with Gasteiger partial charge in [0.15, 0.2) is 0 Å². The summed E-state index contributed by atoms with van der Waals surface area (Å²) in [6.07, 6.45) is 3.55. The molecule has 17 heavy (non-hydrogen) atoms. The molecule has 2 N–H and O–H groups in total. The fourth-order valence-electron chi connectivity index (χ4n) is 2.53. The average Bonchev–Trinajstić information content (AvgIpc) is 2.73. The van der Waals surface area contributed by atoms with Crippen LogP contribution in [-0.4, -0.2) is 18.8 Å². The Bertz CT molecular complexity index is 369. The molecule has 94 valence electrons. The molecule has 3 heteroatoms. The van der Waals surface area contributed by atoms with E-state index in [1.807, 2.05) is 12.1 Å². The van der Waals surface area contributed by atoms with E-state index in [0.717, 1.165) is 24.8 Å². The van der Waals surface area contributed by atoms with Crippen molar-refractivity contribution in [3.63, 3.8) is 0 Å². The Hall–Kier alpha value is -0.930. The Balaban J connectivity index is 2.04. The third kappa shape index (κ3) is 3.05. The minimum atomic E-state index is -0.158. The summed E-state index contributed by atoms with van der Waals surface area (Å²) in [6.45, 7) is 2.55. The van der Waals surface area contributed by atoms with Gasteiger partial charge in [-0.2, -0.15) is 0 Å². The number of hydrogen-bond acceptors (Lipinski definition) is 2. The molecular weight excluding hydrogens is 217 g/mol. The van der Waals surface area contributed by atoms with Gasteiger partial charge in [0.05, 0.1) is 12.2 Å². The molecule has 1 aromatic carbocycles. The van der Waals surface area contributed by atoms with Crippen molar-refractivity contribution in [1.29, 1.82) is 0 Å². The van der Waals surface area contributed by atoms with Gasteiger partial charge in [-0.15, -0.1) is 0 Å². The highest BCUT2D eigenvalue weighted by molar-refractivity contribution is 5.22. The van der Waals surface area contributed by atoms with Crippen LogP contribution in [0.15, 0.2) is 24.3 Å². The summed E-state index contributed by atoms with van der Waals surface area (Å²) < 4.78 is 19.5. The zero-order chi connectivity index (χ0) is 12.3. The molecule has 0 aromatic heterocycles. The van der Waals surface area contributed by atoms with Crippen LogP contribution in [0.2, 0.25) is 0 Å². The van der Waals surface area contributed by atoms with Crippen molar-refractivity contribution in [3.8, 4) is 0 Å². The maximum absolute atomic E-state index is 13.7. The van der Waals surface area contributed by atoms with Gasteiger partial charge in [-0.25, -0.2) is 4.39 Å². The fraction of sp³-hybridized carbons (Fsp3) is 0.571. The molecule has 0 radical (unpaired) electrons. The van der Waals surface area contributed by atoms with Gasteiger partial charge in [-0.3, -0.25) is 0 Å². The topological polar surface area (TPSA) is 35.2 Å². The lowest BCUT2D eigenvalue weighted by Crippen LogP contribution is -2.20. The summed E-state index contributed by atoms with van der Waals surface area (Å²) in [4.78, 5) is 0. The van der Waals surface area contributed by atoms with Gasteiger partial charge in [0.25, 0.3) is 0 Å². The van der Waals surface area contributed by atoms with E-state index >= 15 is 0 Å². The molecule has 3 unspecified atom stereocenters. The summed E-state index contributed by atoms with van der Waals surface area (Å²) in [7, 11) is 0. The lowest BCUT2D eigenvalue weighted by Gasteiger charge is -2.20. The molecule has 0 amide bonds. The predicted octanol–water partition coefficient (Wildman–Crippen LogP) is 2.83. The normalized spacial score (nSPS) is 26.1. The Morgan fingerprint density at radius 2 is 2.18 bits per heavy atom. The number of benzene rings is 1. The van der Waals surface area contributed by atoms with Gasteiger partial charge in [-0.05, 0) is 44.4 Å². The molecule has 1 aliphatic heterocycles. The minimum absolute atomic E-state index is 0.0616. The Kier molecular flexibility index (Phi) is 4.13. The van der Waals surface area contributed by atoms with Crippen LogP contribution >= 0.6 is 0 Å². The Morgan fingerprint density at radius 3 is 2.76 bits per heavy atom. The van der Waals surface area contributed by atoms with E-state index in [-0.39, 0.29) is 17.8 Å². The number of rotatable bonds is 4. The lowest BCUT2D eigenvalue weighted by molar-refractivity contribution is 0.0469. The monoisotopic (exact) mass is 237 g/mol. The van der Waals surface area contributed by atoms with Crippen molar-refractivity contribution in [3.05, 3.63) is 35.6 Å². The van der Waals surface area contributed by atoms with Gasteiger partial charge in [-0.1, -0.05) is 18.2 Å². The van der Waals surface area contributed by atoms with E-state index in [1.165, 1.54) is 6.07 Å². The highest BCUT2D eigenvalue weighted by atomic mass is 19.1. The molecule has 0 saturated carbocycles. The van der Waals surface area contributed by atoms with Crippen LogP contribution in [0.5, 0.6) is 0 Å². The van der Waals surface area contributed by atoms with Gasteiger partial charge in [0, 0.05) is 5.92 Å². The van der Waals surface area contributed by atoms with Crippen molar-refractivity contribution in [2.24, 2.45) is 5.73 Å². The zero-order valence-electron chi connectivity index (χ0n) is 10.2. The second-order valence-corrected chi connectivity index (χ2v) is 4.84. The van der Waals surface area contributed by atoms with E-state index in [0.29, 0.717) is 12.6 Å². The highest BCUT2D eigenvalue weighted by Crippen LogP contribution is 2.29. The molecule has 2 rings (SSSR count). The molecule has 1 aliphatic rings. The van der Waals surface area contributed by atoms with Crippen LogP contribution in [-0.2, 0) is 4.74 Å². The number of hydrogen-bond donors (Lipinski definition) is 1. The molecule has 0 spiro atoms. The second-order valence-electron chi connectivity index (χ2n) is 4.84. The smallest absolute Gasteiger partial charge is 0.126 e. The van der Waals surface area contributed by atoms with Crippen LogP contribution in [0.1, 0.15) is 37.7 Å². The van der Waals surface area contributed by atoms with Crippen molar-refractivity contribution in [2.45, 2.75) is 44.3 Å². The Morgan fingerprint density at radius 1 is 1.41 bits per heavy atom. The molecule has 0 bridgehead atoms. The first kappa shape index (κ1) is 12.5. The van der Waals surface area contributed by atoms with Crippen molar-refractivity contribution >= 4 is 0 Å². The summed E-state index contributed by atoms with van der Waals surface area (Å²) in [5.41, 5.74) is 6.48. The van der Waals surface area contributed by atoms with Gasteiger partial charge in [0.1, 0.15) is 5.82 Å². The lowest BCUT2D eigenvalue weighted by atomic mass is 9.92. The quantitative estimate of drug-likeness (QED) is 0.874. The molecule has 1 saturated heterocycles. The maximum Gasteiger partial charge on any atom is 0.126 e. The summed E-state index contributed by atoms with van der Waals surface area (Å²) >= 11 is 0. The van der Waals surface area contributed by atoms with Gasteiger partial charge in [0.2, 0.25) is 0 Å². The highest BCUT2D eigenvalue weighted by Gasteiger charge is 2.26. The van der Waals surface area contributed by atoms with Gasteiger partial charge < -0.3 is 10.5 Å². The number of halogens is 1. The number of nitrogens with two attached hydrogens (primary N) is 1. The van der Waals surface area contributed by atoms with E-state index < -0.39 is 0 Å². The summed E-state index contributed by atoms with van der Waals surface area (Å²) in [5, 5.41) is 0. The molecule has 2 nitrogen and oxygen atoms in total. The summed E-state index contributed by atoms with van der Waals surface area (Å²) in [5.74, 6) is -0.0968. The molecule has 1 aromatic rings. The largest absolute Gasteiger partial charge is 0.375 e. The molecule has 1 heterocycles. The van der Waals surface area contributed by atoms with E-state index in [2.05, 4.69) is 6.92 Å². The Labute approximate surface area is 102 Å². The SMILES string of the molecule is CC1CCC(CC(CN)c2ccccc2F)O1. The molecule has 0 aliphatic carbocycles. The van der Waals surface area contributed by atoms with Crippen LogP contribution in [0, 0.1) is 5.82 Å². The minimum Gasteiger partial charge on any atom is -0.375 e. The van der Waals surface area contributed by atoms with Crippen molar-refractivity contribution in [2.75, 3.05) is 6.54 Å². The third-order valence-corrected chi connectivity index (χ3v) is 3.50. The fourth-order valence-corrected chi connectivity index (χ4v) is 2.53.